The molecule has 0 bridgehead atoms. The van der Waals surface area contributed by atoms with Crippen LogP contribution in [0, 0.1) is 5.92 Å². The number of carbonyl (C=O) groups is 2. The van der Waals surface area contributed by atoms with Crippen LogP contribution in [0.2, 0.25) is 0 Å². The molecule has 0 aromatic heterocycles. The molecule has 0 unspecified atom stereocenters. The summed E-state index contributed by atoms with van der Waals surface area (Å²) in [5, 5.41) is 5.04. The topological polar surface area (TPSA) is 72.0 Å². The zero-order chi connectivity index (χ0) is 20.5. The van der Waals surface area contributed by atoms with Gasteiger partial charge in [0.2, 0.25) is 0 Å². The van der Waals surface area contributed by atoms with Crippen LogP contribution in [0.1, 0.15) is 53.9 Å². The summed E-state index contributed by atoms with van der Waals surface area (Å²) in [6, 6.07) is 16.0. The minimum absolute atomic E-state index is 0.00660. The van der Waals surface area contributed by atoms with E-state index in [0.29, 0.717) is 24.6 Å². The van der Waals surface area contributed by atoms with Crippen LogP contribution >= 0.6 is 0 Å². The van der Waals surface area contributed by atoms with Crippen LogP contribution in [0.15, 0.2) is 48.5 Å². The van der Waals surface area contributed by atoms with Crippen molar-refractivity contribution in [2.75, 3.05) is 13.7 Å². The molecule has 28 heavy (non-hydrogen) atoms. The normalized spacial score (nSPS) is 11.9. The Balaban J connectivity index is 1.86. The summed E-state index contributed by atoms with van der Waals surface area (Å²) < 4.78 is 4.68. The standard InChI is InChI=1S/C23H30N2O3/c1-5-17-6-10-19(11-7-17)22(16(2)3)25-15-21(26)24-14-18-8-12-20(13-9-18)23(27)28-4/h6-13,16,22,25H,5,14-15H2,1-4H3,(H,24,26)/p+1/t22-/m1/s1. The largest absolute Gasteiger partial charge is 0.465 e. The van der Waals surface area contributed by atoms with Gasteiger partial charge in [-0.3, -0.25) is 4.79 Å². The molecule has 0 aliphatic heterocycles. The van der Waals surface area contributed by atoms with Crippen molar-refractivity contribution in [2.24, 2.45) is 5.92 Å². The van der Waals surface area contributed by atoms with Crippen molar-refractivity contribution in [3.8, 4) is 0 Å². The second-order valence-electron chi connectivity index (χ2n) is 7.27. The van der Waals surface area contributed by atoms with Gasteiger partial charge < -0.3 is 15.4 Å². The molecule has 0 aliphatic carbocycles. The number of methoxy groups -OCH3 is 1. The zero-order valence-electron chi connectivity index (χ0n) is 17.2. The van der Waals surface area contributed by atoms with E-state index in [1.54, 1.807) is 12.1 Å². The summed E-state index contributed by atoms with van der Waals surface area (Å²) in [5.41, 5.74) is 4.01. The number of hydrogen-bond donors (Lipinski definition) is 2. The molecule has 3 N–H and O–H groups in total. The van der Waals surface area contributed by atoms with Crippen molar-refractivity contribution >= 4 is 11.9 Å². The minimum Gasteiger partial charge on any atom is -0.465 e. The molecule has 0 spiro atoms. The molecule has 2 rings (SSSR count). The van der Waals surface area contributed by atoms with Gasteiger partial charge in [0, 0.05) is 18.0 Å². The second kappa shape index (κ2) is 10.6. The van der Waals surface area contributed by atoms with Crippen LogP contribution < -0.4 is 10.6 Å². The Morgan fingerprint density at radius 3 is 2.14 bits per heavy atom. The van der Waals surface area contributed by atoms with Gasteiger partial charge >= 0.3 is 5.97 Å². The summed E-state index contributed by atoms with van der Waals surface area (Å²) in [5.74, 6) is 0.0518. The van der Waals surface area contributed by atoms with E-state index < -0.39 is 0 Å². The molecule has 1 atom stereocenters. The van der Waals surface area contributed by atoms with Crippen LogP contribution in [0.5, 0.6) is 0 Å². The number of nitrogens with two attached hydrogens (primary N) is 1. The van der Waals surface area contributed by atoms with E-state index in [9.17, 15) is 9.59 Å². The Morgan fingerprint density at radius 2 is 1.61 bits per heavy atom. The third-order valence-electron chi connectivity index (χ3n) is 4.91. The Kier molecular flexibility index (Phi) is 8.20. The van der Waals surface area contributed by atoms with E-state index in [-0.39, 0.29) is 17.9 Å². The molecule has 0 aliphatic rings. The lowest BCUT2D eigenvalue weighted by Crippen LogP contribution is -2.88. The Morgan fingerprint density at radius 1 is 1.00 bits per heavy atom. The first-order valence-electron chi connectivity index (χ1n) is 9.80. The summed E-state index contributed by atoms with van der Waals surface area (Å²) in [4.78, 5) is 23.7. The van der Waals surface area contributed by atoms with Crippen molar-refractivity contribution in [1.29, 1.82) is 0 Å². The number of quaternary nitrogens is 1. The van der Waals surface area contributed by atoms with Gasteiger partial charge in [-0.2, -0.15) is 0 Å². The average Bonchev–Trinajstić information content (AvgIpc) is 2.72. The van der Waals surface area contributed by atoms with E-state index in [2.05, 4.69) is 60.4 Å². The molecule has 150 valence electrons. The van der Waals surface area contributed by atoms with Crippen LogP contribution in [0.4, 0.5) is 0 Å². The van der Waals surface area contributed by atoms with Gasteiger partial charge in [0.1, 0.15) is 6.04 Å². The Hall–Kier alpha value is -2.66. The highest BCUT2D eigenvalue weighted by Crippen LogP contribution is 2.18. The van der Waals surface area contributed by atoms with Crippen molar-refractivity contribution in [3.05, 3.63) is 70.8 Å². The molecule has 0 heterocycles. The SMILES string of the molecule is CCc1ccc([C@H]([NH2+]CC(=O)NCc2ccc(C(=O)OC)cc2)C(C)C)cc1. The molecule has 2 aromatic rings. The minimum atomic E-state index is -0.364. The molecular formula is C23H31N2O3+. The fraction of sp³-hybridized carbons (Fsp3) is 0.391. The van der Waals surface area contributed by atoms with Crippen molar-refractivity contribution in [3.63, 3.8) is 0 Å². The quantitative estimate of drug-likeness (QED) is 0.654. The van der Waals surface area contributed by atoms with Crippen molar-refractivity contribution in [2.45, 2.75) is 39.8 Å². The number of hydrogen-bond acceptors (Lipinski definition) is 3. The van der Waals surface area contributed by atoms with Crippen molar-refractivity contribution < 1.29 is 19.6 Å². The monoisotopic (exact) mass is 383 g/mol. The Labute approximate surface area is 167 Å². The molecule has 5 heteroatoms. The van der Waals surface area contributed by atoms with Gasteiger partial charge in [-0.05, 0) is 29.7 Å². The third kappa shape index (κ3) is 6.20. The van der Waals surface area contributed by atoms with Crippen molar-refractivity contribution in [1.82, 2.24) is 5.32 Å². The molecule has 0 saturated carbocycles. The lowest BCUT2D eigenvalue weighted by molar-refractivity contribution is -0.692. The summed E-state index contributed by atoms with van der Waals surface area (Å²) in [7, 11) is 1.36. The number of nitrogens with one attached hydrogen (secondary N) is 1. The van der Waals surface area contributed by atoms with Crippen LogP contribution in [0.25, 0.3) is 0 Å². The van der Waals surface area contributed by atoms with Gasteiger partial charge in [0.05, 0.1) is 12.7 Å². The summed E-state index contributed by atoms with van der Waals surface area (Å²) >= 11 is 0. The molecule has 0 saturated heterocycles. The van der Waals surface area contributed by atoms with Gasteiger partial charge in [0.15, 0.2) is 6.54 Å². The van der Waals surface area contributed by atoms with E-state index >= 15 is 0 Å². The highest BCUT2D eigenvalue weighted by atomic mass is 16.5. The van der Waals surface area contributed by atoms with Crippen LogP contribution in [-0.2, 0) is 22.5 Å². The fourth-order valence-electron chi connectivity index (χ4n) is 3.15. The van der Waals surface area contributed by atoms with Crippen LogP contribution in [-0.4, -0.2) is 25.5 Å². The lowest BCUT2D eigenvalue weighted by Gasteiger charge is -2.20. The summed E-state index contributed by atoms with van der Waals surface area (Å²) in [6.07, 6.45) is 1.03. The van der Waals surface area contributed by atoms with E-state index in [1.807, 2.05) is 12.1 Å². The number of rotatable bonds is 9. The molecule has 5 nitrogen and oxygen atoms in total. The number of esters is 1. The number of ether oxygens (including phenoxy) is 1. The number of amides is 1. The Bertz CT molecular complexity index is 767. The van der Waals surface area contributed by atoms with Gasteiger partial charge in [0.25, 0.3) is 5.91 Å². The van der Waals surface area contributed by atoms with E-state index in [0.717, 1.165) is 12.0 Å². The molecule has 1 amide bonds. The maximum atomic E-state index is 12.3. The molecule has 2 aromatic carbocycles. The van der Waals surface area contributed by atoms with E-state index in [1.165, 1.54) is 18.2 Å². The van der Waals surface area contributed by atoms with Gasteiger partial charge in [-0.25, -0.2) is 4.79 Å². The second-order valence-corrected chi connectivity index (χ2v) is 7.27. The first-order chi connectivity index (χ1) is 13.4. The predicted molar refractivity (Wildman–Crippen MR) is 110 cm³/mol. The predicted octanol–water partition coefficient (Wildman–Crippen LogP) is 2.61. The molecular weight excluding hydrogens is 352 g/mol. The molecule has 0 radical (unpaired) electrons. The van der Waals surface area contributed by atoms with Gasteiger partial charge in [-0.15, -0.1) is 0 Å². The van der Waals surface area contributed by atoms with E-state index in [4.69, 9.17) is 0 Å². The van der Waals surface area contributed by atoms with Crippen LogP contribution in [0.3, 0.4) is 0 Å². The first-order valence-corrected chi connectivity index (χ1v) is 9.80. The van der Waals surface area contributed by atoms with Gasteiger partial charge in [-0.1, -0.05) is 57.2 Å². The number of benzene rings is 2. The highest BCUT2D eigenvalue weighted by Gasteiger charge is 2.20. The average molecular weight is 384 g/mol. The smallest absolute Gasteiger partial charge is 0.337 e. The number of carbonyl (C=O) groups excluding carboxylic acids is 2. The fourth-order valence-corrected chi connectivity index (χ4v) is 3.15. The molecule has 0 fully saturated rings. The zero-order valence-corrected chi connectivity index (χ0v) is 17.2. The number of aryl methyl sites for hydroxylation is 1. The maximum absolute atomic E-state index is 12.3. The summed E-state index contributed by atoms with van der Waals surface area (Å²) in [6.45, 7) is 7.31. The maximum Gasteiger partial charge on any atom is 0.337 e. The first kappa shape index (κ1) is 21.6. The highest BCUT2D eigenvalue weighted by molar-refractivity contribution is 5.89. The lowest BCUT2D eigenvalue weighted by atomic mass is 9.95. The third-order valence-corrected chi connectivity index (χ3v) is 4.91.